The Kier molecular flexibility index (Phi) is 4.05. The summed E-state index contributed by atoms with van der Waals surface area (Å²) in [5.74, 6) is -0.215. The van der Waals surface area contributed by atoms with Crippen molar-refractivity contribution in [1.82, 2.24) is 0 Å². The zero-order chi connectivity index (χ0) is 11.4. The number of benzene rings is 1. The molecule has 0 spiro atoms. The average molecular weight is 250 g/mol. The Morgan fingerprint density at radius 2 is 2.00 bits per heavy atom. The van der Waals surface area contributed by atoms with Crippen molar-refractivity contribution in [3.63, 3.8) is 0 Å². The highest BCUT2D eigenvalue weighted by atomic mass is 35.5. The average Bonchev–Trinajstić information content (AvgIpc) is 2.14. The van der Waals surface area contributed by atoms with Gasteiger partial charge in [-0.05, 0) is 19.1 Å². The third-order valence-corrected chi connectivity index (χ3v) is 2.11. The van der Waals surface area contributed by atoms with Crippen molar-refractivity contribution in [1.29, 1.82) is 0 Å². The molecule has 1 rings (SSSR count). The Bertz CT molecular complexity index is 359. The van der Waals surface area contributed by atoms with Crippen LogP contribution in [-0.4, -0.2) is 17.8 Å². The summed E-state index contributed by atoms with van der Waals surface area (Å²) >= 11 is 11.3. The second-order valence-electron chi connectivity index (χ2n) is 2.63. The molecule has 0 bridgehead atoms. The maximum atomic E-state index is 11.0. The van der Waals surface area contributed by atoms with Crippen molar-refractivity contribution >= 4 is 35.0 Å². The molecule has 0 fully saturated rings. The molecule has 0 aliphatic heterocycles. The van der Waals surface area contributed by atoms with Gasteiger partial charge in [-0.1, -0.05) is 23.2 Å². The molecule has 0 aromatic heterocycles. The first-order chi connectivity index (χ1) is 7.04. The molecule has 0 aliphatic carbocycles. The normalized spacial score (nSPS) is 9.80. The molecule has 0 unspecified atom stereocenters. The van der Waals surface area contributed by atoms with E-state index in [1.165, 1.54) is 12.1 Å². The lowest BCUT2D eigenvalue weighted by Crippen LogP contribution is -2.13. The van der Waals surface area contributed by atoms with E-state index in [0.717, 1.165) is 0 Å². The summed E-state index contributed by atoms with van der Waals surface area (Å²) in [6.45, 7) is 1.96. The van der Waals surface area contributed by atoms with Crippen LogP contribution in [0.25, 0.3) is 0 Å². The second kappa shape index (κ2) is 5.09. The summed E-state index contributed by atoms with van der Waals surface area (Å²) in [5.41, 5.74) is 0.362. The fraction of sp³-hybridized carbons (Fsp3) is 0.222. The van der Waals surface area contributed by atoms with Crippen LogP contribution in [0.4, 0.5) is 10.5 Å². The molecule has 0 heterocycles. The molecule has 1 aromatic carbocycles. The van der Waals surface area contributed by atoms with E-state index in [0.29, 0.717) is 5.69 Å². The maximum Gasteiger partial charge on any atom is 0.411 e. The first-order valence-electron chi connectivity index (χ1n) is 4.16. The van der Waals surface area contributed by atoms with Crippen LogP contribution in [0.3, 0.4) is 0 Å². The number of amides is 1. The van der Waals surface area contributed by atoms with Gasteiger partial charge in [0, 0.05) is 5.69 Å². The number of phenolic OH excluding ortho intramolecular Hbond substituents is 1. The van der Waals surface area contributed by atoms with Crippen LogP contribution in [0.15, 0.2) is 12.1 Å². The molecule has 15 heavy (non-hydrogen) atoms. The Balaban J connectivity index is 2.83. The number of ether oxygens (including phenoxy) is 1. The summed E-state index contributed by atoms with van der Waals surface area (Å²) in [6.07, 6.45) is -0.602. The SMILES string of the molecule is CCOC(=O)Nc1cc(Cl)c(O)c(Cl)c1. The number of carbonyl (C=O) groups is 1. The van der Waals surface area contributed by atoms with Gasteiger partial charge in [0.1, 0.15) is 0 Å². The number of phenols is 1. The summed E-state index contributed by atoms with van der Waals surface area (Å²) in [4.78, 5) is 11.0. The van der Waals surface area contributed by atoms with Crippen LogP contribution >= 0.6 is 23.2 Å². The number of hydrogen-bond donors (Lipinski definition) is 2. The molecule has 0 saturated carbocycles. The molecular formula is C9H9Cl2NO3. The lowest BCUT2D eigenvalue weighted by atomic mass is 10.3. The summed E-state index contributed by atoms with van der Waals surface area (Å²) in [5, 5.41) is 11.8. The third kappa shape index (κ3) is 3.18. The first kappa shape index (κ1) is 11.9. The quantitative estimate of drug-likeness (QED) is 0.792. The predicted octanol–water partition coefficient (Wildman–Crippen LogP) is 3.27. The fourth-order valence-electron chi connectivity index (χ4n) is 0.923. The first-order valence-corrected chi connectivity index (χ1v) is 4.92. The molecule has 6 heteroatoms. The van der Waals surface area contributed by atoms with Gasteiger partial charge in [0.15, 0.2) is 5.75 Å². The fourth-order valence-corrected chi connectivity index (χ4v) is 1.41. The highest BCUT2D eigenvalue weighted by molar-refractivity contribution is 6.37. The lowest BCUT2D eigenvalue weighted by molar-refractivity contribution is 0.168. The molecule has 0 atom stereocenters. The van der Waals surface area contributed by atoms with E-state index in [1.807, 2.05) is 0 Å². The minimum atomic E-state index is -0.602. The van der Waals surface area contributed by atoms with Gasteiger partial charge in [-0.3, -0.25) is 5.32 Å². The minimum Gasteiger partial charge on any atom is -0.505 e. The van der Waals surface area contributed by atoms with Crippen molar-refractivity contribution < 1.29 is 14.6 Å². The molecule has 0 saturated heterocycles. The molecule has 82 valence electrons. The Hall–Kier alpha value is -1.13. The molecular weight excluding hydrogens is 241 g/mol. The Labute approximate surface area is 96.8 Å². The van der Waals surface area contributed by atoms with Crippen LogP contribution in [0, 0.1) is 0 Å². The van der Waals surface area contributed by atoms with Gasteiger partial charge < -0.3 is 9.84 Å². The summed E-state index contributed by atoms with van der Waals surface area (Å²) < 4.78 is 4.66. The number of hydrogen-bond acceptors (Lipinski definition) is 3. The molecule has 1 amide bonds. The number of halogens is 2. The number of aromatic hydroxyl groups is 1. The van der Waals surface area contributed by atoms with E-state index in [4.69, 9.17) is 23.2 Å². The zero-order valence-corrected chi connectivity index (χ0v) is 9.39. The standard InChI is InChI=1S/C9H9Cl2NO3/c1-2-15-9(14)12-5-3-6(10)8(13)7(11)4-5/h3-4,13H,2H2,1H3,(H,12,14). The van der Waals surface area contributed by atoms with Gasteiger partial charge in [0.25, 0.3) is 0 Å². The van der Waals surface area contributed by atoms with Crippen LogP contribution < -0.4 is 5.32 Å². The third-order valence-electron chi connectivity index (χ3n) is 1.54. The second-order valence-corrected chi connectivity index (χ2v) is 3.45. The number of rotatable bonds is 2. The monoisotopic (exact) mass is 249 g/mol. The van der Waals surface area contributed by atoms with Gasteiger partial charge in [0.05, 0.1) is 16.7 Å². The van der Waals surface area contributed by atoms with Gasteiger partial charge in [-0.15, -0.1) is 0 Å². The Morgan fingerprint density at radius 1 is 1.47 bits per heavy atom. The van der Waals surface area contributed by atoms with E-state index in [-0.39, 0.29) is 22.4 Å². The van der Waals surface area contributed by atoms with Gasteiger partial charge >= 0.3 is 6.09 Å². The van der Waals surface area contributed by atoms with Crippen molar-refractivity contribution in [2.24, 2.45) is 0 Å². The topological polar surface area (TPSA) is 58.6 Å². The molecule has 4 nitrogen and oxygen atoms in total. The largest absolute Gasteiger partial charge is 0.505 e. The zero-order valence-electron chi connectivity index (χ0n) is 7.88. The van der Waals surface area contributed by atoms with Crippen molar-refractivity contribution in [3.8, 4) is 5.75 Å². The van der Waals surface area contributed by atoms with Gasteiger partial charge in [-0.25, -0.2) is 4.79 Å². The van der Waals surface area contributed by atoms with Crippen LogP contribution in [-0.2, 0) is 4.74 Å². The smallest absolute Gasteiger partial charge is 0.411 e. The molecule has 1 aromatic rings. The number of nitrogens with one attached hydrogen (secondary N) is 1. The van der Waals surface area contributed by atoms with Crippen molar-refractivity contribution in [2.75, 3.05) is 11.9 Å². The van der Waals surface area contributed by atoms with E-state index >= 15 is 0 Å². The predicted molar refractivity (Wildman–Crippen MR) is 58.8 cm³/mol. The van der Waals surface area contributed by atoms with Crippen LogP contribution in [0.5, 0.6) is 5.75 Å². The van der Waals surface area contributed by atoms with E-state index < -0.39 is 6.09 Å². The van der Waals surface area contributed by atoms with Crippen molar-refractivity contribution in [2.45, 2.75) is 6.92 Å². The molecule has 2 N–H and O–H groups in total. The van der Waals surface area contributed by atoms with E-state index in [9.17, 15) is 9.90 Å². The van der Waals surface area contributed by atoms with Crippen LogP contribution in [0.1, 0.15) is 6.92 Å². The lowest BCUT2D eigenvalue weighted by Gasteiger charge is -2.07. The Morgan fingerprint density at radius 3 is 2.47 bits per heavy atom. The summed E-state index contributed by atoms with van der Waals surface area (Å²) in [7, 11) is 0. The molecule has 0 aliphatic rings. The highest BCUT2D eigenvalue weighted by Gasteiger charge is 2.08. The number of anilines is 1. The van der Waals surface area contributed by atoms with Gasteiger partial charge in [0.2, 0.25) is 0 Å². The van der Waals surface area contributed by atoms with E-state index in [2.05, 4.69) is 10.1 Å². The van der Waals surface area contributed by atoms with E-state index in [1.54, 1.807) is 6.92 Å². The number of carbonyl (C=O) groups excluding carboxylic acids is 1. The minimum absolute atomic E-state index is 0.0642. The highest BCUT2D eigenvalue weighted by Crippen LogP contribution is 2.34. The maximum absolute atomic E-state index is 11.0. The summed E-state index contributed by atoms with van der Waals surface area (Å²) in [6, 6.07) is 2.75. The van der Waals surface area contributed by atoms with Crippen molar-refractivity contribution in [3.05, 3.63) is 22.2 Å². The van der Waals surface area contributed by atoms with Gasteiger partial charge in [-0.2, -0.15) is 0 Å². The van der Waals surface area contributed by atoms with Crippen LogP contribution in [0.2, 0.25) is 10.0 Å². The molecule has 0 radical (unpaired) electrons.